The molecule has 1 aliphatic rings. The second kappa shape index (κ2) is 10.1. The highest BCUT2D eigenvalue weighted by Gasteiger charge is 2.35. The summed E-state index contributed by atoms with van der Waals surface area (Å²) in [6.45, 7) is 6.50. The van der Waals surface area contributed by atoms with Gasteiger partial charge in [-0.3, -0.25) is 14.5 Å². The normalized spacial score (nSPS) is 12.7. The number of benzene rings is 2. The minimum absolute atomic E-state index is 0.148. The lowest BCUT2D eigenvalue weighted by Crippen LogP contribution is -2.33. The molecule has 8 heteroatoms. The molecule has 3 rings (SSSR count). The number of amides is 4. The van der Waals surface area contributed by atoms with Crippen LogP contribution < -0.4 is 10.6 Å². The second-order valence-electron chi connectivity index (χ2n) is 7.99. The van der Waals surface area contributed by atoms with Crippen LogP contribution in [-0.4, -0.2) is 41.9 Å². The first-order chi connectivity index (χ1) is 15.3. The Balaban J connectivity index is 1.70. The fourth-order valence-corrected chi connectivity index (χ4v) is 3.34. The van der Waals surface area contributed by atoms with Gasteiger partial charge >= 0.3 is 12.0 Å². The Labute approximate surface area is 186 Å². The van der Waals surface area contributed by atoms with Gasteiger partial charge in [0.1, 0.15) is 0 Å². The molecule has 0 unspecified atom stereocenters. The Morgan fingerprint density at radius 3 is 2.44 bits per heavy atom. The Kier molecular flexibility index (Phi) is 7.25. The van der Waals surface area contributed by atoms with E-state index in [4.69, 9.17) is 4.74 Å². The minimum atomic E-state index is -0.588. The zero-order chi connectivity index (χ0) is 23.3. The zero-order valence-corrected chi connectivity index (χ0v) is 18.4. The average molecular weight is 437 g/mol. The summed E-state index contributed by atoms with van der Waals surface area (Å²) in [4.78, 5) is 51.2. The van der Waals surface area contributed by atoms with Gasteiger partial charge in [-0.05, 0) is 42.7 Å². The predicted octanol–water partition coefficient (Wildman–Crippen LogP) is 4.54. The molecule has 1 aliphatic heterocycles. The van der Waals surface area contributed by atoms with E-state index in [1.807, 2.05) is 20.8 Å². The number of para-hydroxylation sites is 1. The van der Waals surface area contributed by atoms with Crippen LogP contribution in [0.1, 0.15) is 64.7 Å². The molecule has 2 aromatic carbocycles. The molecule has 0 atom stereocenters. The number of nitrogens with zero attached hydrogens (tertiary/aromatic N) is 1. The fraction of sp³-hybridized carbons (Fsp3) is 0.333. The number of anilines is 2. The number of carbonyl (C=O) groups is 4. The van der Waals surface area contributed by atoms with Crippen molar-refractivity contribution >= 4 is 35.2 Å². The Hall–Kier alpha value is -3.68. The third-order valence-electron chi connectivity index (χ3n) is 4.90. The summed E-state index contributed by atoms with van der Waals surface area (Å²) in [6.07, 6.45) is 1.66. The van der Waals surface area contributed by atoms with Crippen LogP contribution in [0, 0.1) is 5.92 Å². The number of nitrogens with one attached hydrogen (secondary N) is 2. The number of hydrogen-bond acceptors (Lipinski definition) is 5. The highest BCUT2D eigenvalue weighted by atomic mass is 16.5. The number of unbranched alkanes of at least 4 members (excludes halogenated alkanes) is 1. The van der Waals surface area contributed by atoms with Crippen molar-refractivity contribution in [2.24, 2.45) is 5.92 Å². The molecule has 1 heterocycles. The molecule has 0 fully saturated rings. The van der Waals surface area contributed by atoms with Crippen molar-refractivity contribution in [3.05, 3.63) is 59.2 Å². The smallest absolute Gasteiger partial charge is 0.340 e. The first-order valence-corrected chi connectivity index (χ1v) is 10.7. The van der Waals surface area contributed by atoms with Gasteiger partial charge in [0.2, 0.25) is 0 Å². The van der Waals surface area contributed by atoms with E-state index < -0.39 is 12.0 Å². The first-order valence-electron chi connectivity index (χ1n) is 10.7. The van der Waals surface area contributed by atoms with E-state index in [-0.39, 0.29) is 28.9 Å². The van der Waals surface area contributed by atoms with Crippen molar-refractivity contribution in [3.8, 4) is 0 Å². The van der Waals surface area contributed by atoms with Crippen LogP contribution in [0.2, 0.25) is 0 Å². The van der Waals surface area contributed by atoms with E-state index in [0.29, 0.717) is 30.1 Å². The van der Waals surface area contributed by atoms with E-state index in [1.54, 1.807) is 30.3 Å². The molecule has 0 aliphatic carbocycles. The minimum Gasteiger partial charge on any atom is -0.462 e. The van der Waals surface area contributed by atoms with E-state index in [9.17, 15) is 19.2 Å². The number of urea groups is 1. The van der Waals surface area contributed by atoms with E-state index in [1.165, 1.54) is 17.0 Å². The van der Waals surface area contributed by atoms with Gasteiger partial charge in [0.25, 0.3) is 11.8 Å². The lowest BCUT2D eigenvalue weighted by molar-refractivity contribution is 0.0500. The van der Waals surface area contributed by atoms with Crippen LogP contribution in [0.15, 0.2) is 42.5 Å². The quantitative estimate of drug-likeness (QED) is 0.358. The van der Waals surface area contributed by atoms with Crippen molar-refractivity contribution < 1.29 is 23.9 Å². The number of rotatable bonds is 8. The number of carbonyl (C=O) groups excluding carboxylic acids is 4. The molecule has 0 saturated heterocycles. The highest BCUT2D eigenvalue weighted by molar-refractivity contribution is 6.22. The van der Waals surface area contributed by atoms with Crippen LogP contribution in [-0.2, 0) is 4.74 Å². The van der Waals surface area contributed by atoms with Crippen molar-refractivity contribution in [3.63, 3.8) is 0 Å². The number of imide groups is 1. The summed E-state index contributed by atoms with van der Waals surface area (Å²) in [7, 11) is 0. The molecule has 32 heavy (non-hydrogen) atoms. The van der Waals surface area contributed by atoms with Crippen molar-refractivity contribution in [1.82, 2.24) is 4.90 Å². The molecule has 4 amide bonds. The lowest BCUT2D eigenvalue weighted by atomic mass is 10.1. The van der Waals surface area contributed by atoms with Gasteiger partial charge in [-0.15, -0.1) is 0 Å². The molecular formula is C24H27N3O5. The maximum Gasteiger partial charge on any atom is 0.340 e. The molecular weight excluding hydrogens is 410 g/mol. The third kappa shape index (κ3) is 5.14. The Bertz CT molecular complexity index is 1050. The molecule has 0 radical (unpaired) electrons. The molecule has 168 valence electrons. The summed E-state index contributed by atoms with van der Waals surface area (Å²) in [5.74, 6) is -1.07. The van der Waals surface area contributed by atoms with E-state index >= 15 is 0 Å². The van der Waals surface area contributed by atoms with Crippen LogP contribution in [0.4, 0.5) is 16.2 Å². The van der Waals surface area contributed by atoms with Gasteiger partial charge in [-0.25, -0.2) is 9.59 Å². The maximum atomic E-state index is 12.6. The number of hydrogen-bond donors (Lipinski definition) is 2. The fourth-order valence-electron chi connectivity index (χ4n) is 3.34. The van der Waals surface area contributed by atoms with Crippen molar-refractivity contribution in [2.75, 3.05) is 23.8 Å². The summed E-state index contributed by atoms with van der Waals surface area (Å²) in [6, 6.07) is 10.6. The van der Waals surface area contributed by atoms with Gasteiger partial charge in [0.05, 0.1) is 29.0 Å². The molecule has 0 spiro atoms. The van der Waals surface area contributed by atoms with Gasteiger partial charge in [-0.1, -0.05) is 39.3 Å². The van der Waals surface area contributed by atoms with Crippen molar-refractivity contribution in [1.29, 1.82) is 0 Å². The molecule has 0 aromatic heterocycles. The number of fused-ring (bicyclic) bond motifs is 1. The number of esters is 1. The Morgan fingerprint density at radius 2 is 1.72 bits per heavy atom. The maximum absolute atomic E-state index is 12.6. The van der Waals surface area contributed by atoms with Crippen LogP contribution in [0.5, 0.6) is 0 Å². The van der Waals surface area contributed by atoms with Gasteiger partial charge < -0.3 is 15.4 Å². The molecule has 8 nitrogen and oxygen atoms in total. The Morgan fingerprint density at radius 1 is 1.00 bits per heavy atom. The first kappa shape index (κ1) is 23.0. The summed E-state index contributed by atoms with van der Waals surface area (Å²) < 4.78 is 5.23. The van der Waals surface area contributed by atoms with Crippen LogP contribution in [0.3, 0.4) is 0 Å². The molecule has 0 bridgehead atoms. The predicted molar refractivity (Wildman–Crippen MR) is 121 cm³/mol. The average Bonchev–Trinajstić information content (AvgIpc) is 2.98. The van der Waals surface area contributed by atoms with Crippen molar-refractivity contribution in [2.45, 2.75) is 33.6 Å². The van der Waals surface area contributed by atoms with Gasteiger partial charge in [0.15, 0.2) is 0 Å². The monoisotopic (exact) mass is 437 g/mol. The largest absolute Gasteiger partial charge is 0.462 e. The molecule has 2 aromatic rings. The number of ether oxygens (including phenoxy) is 1. The summed E-state index contributed by atoms with van der Waals surface area (Å²) in [5, 5.41) is 5.29. The highest BCUT2D eigenvalue weighted by Crippen LogP contribution is 2.27. The van der Waals surface area contributed by atoms with Crippen LogP contribution in [0.25, 0.3) is 0 Å². The second-order valence-corrected chi connectivity index (χ2v) is 7.99. The zero-order valence-electron chi connectivity index (χ0n) is 18.4. The van der Waals surface area contributed by atoms with Gasteiger partial charge in [0, 0.05) is 12.2 Å². The lowest BCUT2D eigenvalue weighted by Gasteiger charge is -2.15. The summed E-state index contributed by atoms with van der Waals surface area (Å²) >= 11 is 0. The van der Waals surface area contributed by atoms with Gasteiger partial charge in [-0.2, -0.15) is 0 Å². The standard InChI is InChI=1S/C24H27N3O5/c1-4-5-12-32-23(30)18-8-6-7-9-20(18)26-24(31)25-16-10-11-17-19(13-16)22(29)27(21(17)28)14-15(2)3/h6-11,13,15H,4-5,12,14H2,1-3H3,(H2,25,26,31). The molecule has 2 N–H and O–H groups in total. The summed E-state index contributed by atoms with van der Waals surface area (Å²) in [5.41, 5.74) is 1.49. The SMILES string of the molecule is CCCCOC(=O)c1ccccc1NC(=O)Nc1ccc2c(c1)C(=O)N(CC(C)C)C2=O. The third-order valence-corrected chi connectivity index (χ3v) is 4.90. The van der Waals surface area contributed by atoms with E-state index in [0.717, 1.165) is 12.8 Å². The molecule has 0 saturated carbocycles. The van der Waals surface area contributed by atoms with Crippen LogP contribution >= 0.6 is 0 Å². The topological polar surface area (TPSA) is 105 Å². The van der Waals surface area contributed by atoms with E-state index in [2.05, 4.69) is 10.6 Å².